The van der Waals surface area contributed by atoms with E-state index < -0.39 is 11.9 Å². The first kappa shape index (κ1) is 12.4. The molecule has 0 bridgehead atoms. The molecule has 1 aromatic heterocycles. The maximum Gasteiger partial charge on any atom is 0.432 e. The molecule has 0 aliphatic carbocycles. The summed E-state index contributed by atoms with van der Waals surface area (Å²) >= 11 is 8.97. The van der Waals surface area contributed by atoms with Crippen molar-refractivity contribution in [3.63, 3.8) is 0 Å². The van der Waals surface area contributed by atoms with Crippen LogP contribution in [0, 0.1) is 0 Å². The highest BCUT2D eigenvalue weighted by atomic mass is 79.9. The Kier molecular flexibility index (Phi) is 3.18. The Bertz CT molecular complexity index is 551. The maximum atomic E-state index is 12.4. The molecule has 0 fully saturated rings. The van der Waals surface area contributed by atoms with Crippen LogP contribution in [-0.2, 0) is 6.18 Å². The van der Waals surface area contributed by atoms with E-state index in [9.17, 15) is 13.2 Å². The number of hydrogen-bond acceptors (Lipinski definition) is 1. The van der Waals surface area contributed by atoms with Crippen molar-refractivity contribution in [3.8, 4) is 11.3 Å². The lowest BCUT2D eigenvalue weighted by Crippen LogP contribution is -2.04. The lowest BCUT2D eigenvalue weighted by Gasteiger charge is -2.01. The Morgan fingerprint density at radius 1 is 1.24 bits per heavy atom. The highest BCUT2D eigenvalue weighted by molar-refractivity contribution is 9.10. The average molecular weight is 326 g/mol. The molecule has 0 saturated heterocycles. The summed E-state index contributed by atoms with van der Waals surface area (Å²) in [6, 6.07) is 5.74. The smallest absolute Gasteiger partial charge is 0.273 e. The highest BCUT2D eigenvalue weighted by Gasteiger charge is 2.33. The van der Waals surface area contributed by atoms with Gasteiger partial charge in [0.05, 0.1) is 5.69 Å². The van der Waals surface area contributed by atoms with Gasteiger partial charge in [0.1, 0.15) is 5.69 Å². The summed E-state index contributed by atoms with van der Waals surface area (Å²) in [6.45, 7) is 0. The summed E-state index contributed by atoms with van der Waals surface area (Å²) in [5.74, 6) is 0. The Labute approximate surface area is 108 Å². The topological polar surface area (TPSA) is 28.7 Å². The molecule has 0 atom stereocenters. The number of alkyl halides is 3. The van der Waals surface area contributed by atoms with Gasteiger partial charge >= 0.3 is 6.18 Å². The predicted octanol–water partition coefficient (Wildman–Crippen LogP) is 4.51. The molecule has 17 heavy (non-hydrogen) atoms. The molecule has 0 spiro atoms. The molecule has 1 heterocycles. The maximum absolute atomic E-state index is 12.4. The van der Waals surface area contributed by atoms with Crippen LogP contribution in [0.2, 0.25) is 5.02 Å². The molecule has 1 N–H and O–H groups in total. The number of aromatic amines is 1. The lowest BCUT2D eigenvalue weighted by molar-refractivity contribution is -0.141. The van der Waals surface area contributed by atoms with Gasteiger partial charge in [0.25, 0.3) is 0 Å². The second-order valence-corrected chi connectivity index (χ2v) is 4.58. The minimum Gasteiger partial charge on any atom is -0.273 e. The molecular formula is C10H5BrClF3N2. The first-order valence-electron chi connectivity index (χ1n) is 4.46. The monoisotopic (exact) mass is 324 g/mol. The zero-order valence-electron chi connectivity index (χ0n) is 8.15. The van der Waals surface area contributed by atoms with Crippen LogP contribution in [0.5, 0.6) is 0 Å². The minimum absolute atomic E-state index is 0.209. The number of H-pyrrole nitrogens is 1. The van der Waals surface area contributed by atoms with Gasteiger partial charge in [-0.1, -0.05) is 33.6 Å². The van der Waals surface area contributed by atoms with Gasteiger partial charge in [0, 0.05) is 15.1 Å². The molecule has 1 aromatic carbocycles. The Hall–Kier alpha value is -1.01. The van der Waals surface area contributed by atoms with Crippen molar-refractivity contribution in [1.29, 1.82) is 0 Å². The second-order valence-electron chi connectivity index (χ2n) is 3.29. The van der Waals surface area contributed by atoms with Gasteiger partial charge in [0.15, 0.2) is 0 Å². The summed E-state index contributed by atoms with van der Waals surface area (Å²) in [6.07, 6.45) is -4.43. The molecule has 90 valence electrons. The van der Waals surface area contributed by atoms with Gasteiger partial charge in [-0.25, -0.2) is 0 Å². The van der Waals surface area contributed by atoms with Gasteiger partial charge < -0.3 is 0 Å². The first-order valence-corrected chi connectivity index (χ1v) is 5.63. The van der Waals surface area contributed by atoms with Crippen LogP contribution >= 0.6 is 27.5 Å². The Balaban J connectivity index is 2.44. The van der Waals surface area contributed by atoms with E-state index >= 15 is 0 Å². The van der Waals surface area contributed by atoms with Crippen LogP contribution in [0.3, 0.4) is 0 Å². The summed E-state index contributed by atoms with van der Waals surface area (Å²) in [5, 5.41) is 6.08. The third-order valence-electron chi connectivity index (χ3n) is 2.09. The fourth-order valence-corrected chi connectivity index (χ4v) is 2.19. The third-order valence-corrected chi connectivity index (χ3v) is 2.98. The van der Waals surface area contributed by atoms with E-state index in [1.54, 1.807) is 18.2 Å². The number of aromatic nitrogens is 2. The molecule has 0 aliphatic rings. The number of benzene rings is 1. The normalized spacial score (nSPS) is 11.8. The highest BCUT2D eigenvalue weighted by Crippen LogP contribution is 2.33. The van der Waals surface area contributed by atoms with Crippen LogP contribution in [-0.4, -0.2) is 10.2 Å². The number of nitrogens with zero attached hydrogens (tertiary/aromatic N) is 1. The van der Waals surface area contributed by atoms with E-state index in [1.807, 2.05) is 5.10 Å². The molecule has 0 saturated carbocycles. The lowest BCUT2D eigenvalue weighted by atomic mass is 10.1. The molecule has 0 radical (unpaired) electrons. The quantitative estimate of drug-likeness (QED) is 0.821. The minimum atomic E-state index is -4.43. The van der Waals surface area contributed by atoms with Gasteiger partial charge in [-0.05, 0) is 18.2 Å². The fraction of sp³-hybridized carbons (Fsp3) is 0.100. The summed E-state index contributed by atoms with van der Waals surface area (Å²) in [4.78, 5) is 0. The van der Waals surface area contributed by atoms with Crippen molar-refractivity contribution in [1.82, 2.24) is 10.2 Å². The number of rotatable bonds is 1. The average Bonchev–Trinajstić information content (AvgIpc) is 2.65. The van der Waals surface area contributed by atoms with E-state index in [-0.39, 0.29) is 5.69 Å². The van der Waals surface area contributed by atoms with E-state index in [0.717, 1.165) is 6.07 Å². The number of halogens is 5. The Morgan fingerprint density at radius 3 is 2.47 bits per heavy atom. The van der Waals surface area contributed by atoms with Gasteiger partial charge in [0.2, 0.25) is 0 Å². The molecule has 0 aliphatic heterocycles. The van der Waals surface area contributed by atoms with Crippen molar-refractivity contribution >= 4 is 27.5 Å². The first-order chi connectivity index (χ1) is 7.88. The van der Waals surface area contributed by atoms with Crippen molar-refractivity contribution in [2.75, 3.05) is 0 Å². The predicted molar refractivity (Wildman–Crippen MR) is 61.7 cm³/mol. The van der Waals surface area contributed by atoms with E-state index in [2.05, 4.69) is 21.0 Å². The summed E-state index contributed by atoms with van der Waals surface area (Å²) < 4.78 is 37.7. The van der Waals surface area contributed by atoms with Gasteiger partial charge in [-0.3, -0.25) is 5.10 Å². The molecular weight excluding hydrogens is 320 g/mol. The zero-order valence-corrected chi connectivity index (χ0v) is 10.5. The molecule has 7 heteroatoms. The van der Waals surface area contributed by atoms with E-state index in [0.29, 0.717) is 15.1 Å². The zero-order chi connectivity index (χ0) is 12.6. The largest absolute Gasteiger partial charge is 0.432 e. The van der Waals surface area contributed by atoms with Crippen molar-refractivity contribution in [2.24, 2.45) is 0 Å². The van der Waals surface area contributed by atoms with Gasteiger partial charge in [-0.2, -0.15) is 18.3 Å². The Morgan fingerprint density at radius 2 is 1.94 bits per heavy atom. The van der Waals surface area contributed by atoms with Crippen molar-refractivity contribution < 1.29 is 13.2 Å². The summed E-state index contributed by atoms with van der Waals surface area (Å²) in [7, 11) is 0. The van der Waals surface area contributed by atoms with E-state index in [1.165, 1.54) is 0 Å². The molecule has 0 unspecified atom stereocenters. The van der Waals surface area contributed by atoms with Crippen LogP contribution in [0.1, 0.15) is 5.69 Å². The third kappa shape index (κ3) is 2.63. The van der Waals surface area contributed by atoms with Crippen molar-refractivity contribution in [2.45, 2.75) is 6.18 Å². The van der Waals surface area contributed by atoms with Crippen LogP contribution in [0.4, 0.5) is 13.2 Å². The van der Waals surface area contributed by atoms with E-state index in [4.69, 9.17) is 11.6 Å². The number of nitrogens with one attached hydrogen (secondary N) is 1. The van der Waals surface area contributed by atoms with Crippen molar-refractivity contribution in [3.05, 3.63) is 39.5 Å². The van der Waals surface area contributed by atoms with Gasteiger partial charge in [-0.15, -0.1) is 0 Å². The number of hydrogen-bond donors (Lipinski definition) is 1. The van der Waals surface area contributed by atoms with Crippen LogP contribution in [0.25, 0.3) is 11.3 Å². The second kappa shape index (κ2) is 4.34. The standard InChI is InChI=1S/C10H5BrClF3N2/c11-7-3-5(12)1-2-6(7)8-4-9(17-16-8)10(13,14)15/h1-4H,(H,16,17). The van der Waals surface area contributed by atoms with Crippen LogP contribution < -0.4 is 0 Å². The van der Waals surface area contributed by atoms with Crippen LogP contribution in [0.15, 0.2) is 28.7 Å². The summed E-state index contributed by atoms with van der Waals surface area (Å²) in [5.41, 5.74) is -0.128. The SMILES string of the molecule is FC(F)(F)c1cc(-c2ccc(Cl)cc2Br)n[nH]1. The molecule has 0 amide bonds. The molecule has 2 nitrogen and oxygen atoms in total. The fourth-order valence-electron chi connectivity index (χ4n) is 1.30. The molecule has 2 aromatic rings. The molecule has 2 rings (SSSR count).